The second-order valence-electron chi connectivity index (χ2n) is 2.75. The van der Waals surface area contributed by atoms with E-state index in [0.717, 1.165) is 12.1 Å². The number of anilines is 2. The molecule has 0 saturated carbocycles. The van der Waals surface area contributed by atoms with E-state index in [1.54, 1.807) is 0 Å². The summed E-state index contributed by atoms with van der Waals surface area (Å²) >= 11 is 0. The number of carboxylic acids is 1. The summed E-state index contributed by atoms with van der Waals surface area (Å²) < 4.78 is 13.1. The molecule has 76 valence electrons. The molecule has 0 heterocycles. The van der Waals surface area contributed by atoms with Crippen LogP contribution in [0, 0.1) is 5.82 Å². The molecule has 1 aromatic carbocycles. The molecule has 0 saturated heterocycles. The van der Waals surface area contributed by atoms with Gasteiger partial charge in [0.1, 0.15) is 5.82 Å². The van der Waals surface area contributed by atoms with Gasteiger partial charge in [-0.25, -0.2) is 9.18 Å². The van der Waals surface area contributed by atoms with Crippen molar-refractivity contribution in [2.45, 2.75) is 6.92 Å². The second kappa shape index (κ2) is 3.95. The molecule has 5 heteroatoms. The van der Waals surface area contributed by atoms with E-state index in [1.807, 2.05) is 6.92 Å². The van der Waals surface area contributed by atoms with Crippen LogP contribution < -0.4 is 11.1 Å². The molecule has 14 heavy (non-hydrogen) atoms. The molecule has 4 N–H and O–H groups in total. The molecule has 0 aliphatic heterocycles. The number of aromatic carboxylic acids is 1. The van der Waals surface area contributed by atoms with Crippen LogP contribution in [0.15, 0.2) is 12.1 Å². The lowest BCUT2D eigenvalue weighted by molar-refractivity contribution is 0.0692. The highest BCUT2D eigenvalue weighted by molar-refractivity contribution is 5.90. The Morgan fingerprint density at radius 1 is 1.64 bits per heavy atom. The number of nitrogens with one attached hydrogen (secondary N) is 1. The van der Waals surface area contributed by atoms with E-state index in [-0.39, 0.29) is 5.69 Å². The molecule has 0 aliphatic rings. The first-order valence-electron chi connectivity index (χ1n) is 4.12. The third-order valence-corrected chi connectivity index (χ3v) is 1.74. The third kappa shape index (κ3) is 1.93. The Labute approximate surface area is 80.5 Å². The average molecular weight is 198 g/mol. The van der Waals surface area contributed by atoms with Crippen molar-refractivity contribution in [1.82, 2.24) is 0 Å². The molecular formula is C9H11FN2O2. The first-order valence-corrected chi connectivity index (χ1v) is 4.12. The van der Waals surface area contributed by atoms with Crippen molar-refractivity contribution in [3.05, 3.63) is 23.5 Å². The van der Waals surface area contributed by atoms with E-state index in [2.05, 4.69) is 5.32 Å². The fraction of sp³-hybridized carbons (Fsp3) is 0.222. The van der Waals surface area contributed by atoms with Gasteiger partial charge in [0.05, 0.1) is 16.9 Å². The number of hydrogen-bond acceptors (Lipinski definition) is 3. The summed E-state index contributed by atoms with van der Waals surface area (Å²) in [6, 6.07) is 2.19. The Balaban J connectivity index is 3.17. The molecule has 0 bridgehead atoms. The highest BCUT2D eigenvalue weighted by Gasteiger charge is 2.12. The van der Waals surface area contributed by atoms with Gasteiger partial charge in [-0.3, -0.25) is 0 Å². The molecule has 0 spiro atoms. The molecule has 0 unspecified atom stereocenters. The number of nitrogen functional groups attached to an aromatic ring is 1. The van der Waals surface area contributed by atoms with Crippen molar-refractivity contribution in [1.29, 1.82) is 0 Å². The van der Waals surface area contributed by atoms with Gasteiger partial charge in [-0.05, 0) is 19.1 Å². The number of hydrogen-bond donors (Lipinski definition) is 3. The van der Waals surface area contributed by atoms with Crippen LogP contribution in [0.2, 0.25) is 0 Å². The van der Waals surface area contributed by atoms with Crippen LogP contribution in [-0.2, 0) is 0 Å². The lowest BCUT2D eigenvalue weighted by Gasteiger charge is -2.08. The average Bonchev–Trinajstić information content (AvgIpc) is 2.10. The van der Waals surface area contributed by atoms with Crippen molar-refractivity contribution < 1.29 is 14.3 Å². The fourth-order valence-corrected chi connectivity index (χ4v) is 1.10. The smallest absolute Gasteiger partial charge is 0.338 e. The van der Waals surface area contributed by atoms with Crippen molar-refractivity contribution in [2.24, 2.45) is 0 Å². The molecule has 0 aliphatic carbocycles. The summed E-state index contributed by atoms with van der Waals surface area (Å²) in [6.45, 7) is 2.43. The molecular weight excluding hydrogens is 187 g/mol. The minimum atomic E-state index is -1.32. The van der Waals surface area contributed by atoms with E-state index in [9.17, 15) is 9.18 Å². The van der Waals surface area contributed by atoms with Crippen LogP contribution in [0.5, 0.6) is 0 Å². The van der Waals surface area contributed by atoms with Crippen LogP contribution in [0.1, 0.15) is 17.3 Å². The largest absolute Gasteiger partial charge is 0.478 e. The van der Waals surface area contributed by atoms with Gasteiger partial charge >= 0.3 is 5.97 Å². The SMILES string of the molecule is CCNc1cc(F)c(C(=O)O)cc1N. The molecule has 0 amide bonds. The van der Waals surface area contributed by atoms with Gasteiger partial charge in [-0.1, -0.05) is 0 Å². The topological polar surface area (TPSA) is 75.3 Å². The number of halogens is 1. The van der Waals surface area contributed by atoms with Gasteiger partial charge in [0, 0.05) is 6.54 Å². The number of carboxylic acid groups (broad SMARTS) is 1. The number of rotatable bonds is 3. The molecule has 1 aromatic rings. The highest BCUT2D eigenvalue weighted by atomic mass is 19.1. The Morgan fingerprint density at radius 3 is 2.79 bits per heavy atom. The van der Waals surface area contributed by atoms with Crippen LogP contribution in [0.3, 0.4) is 0 Å². The summed E-state index contributed by atoms with van der Waals surface area (Å²) in [6.07, 6.45) is 0. The Hall–Kier alpha value is -1.78. The first-order chi connectivity index (χ1) is 6.56. The maximum absolute atomic E-state index is 13.1. The summed E-state index contributed by atoms with van der Waals surface area (Å²) in [4.78, 5) is 10.5. The van der Waals surface area contributed by atoms with Crippen LogP contribution in [0.4, 0.5) is 15.8 Å². The van der Waals surface area contributed by atoms with E-state index >= 15 is 0 Å². The monoisotopic (exact) mass is 198 g/mol. The highest BCUT2D eigenvalue weighted by Crippen LogP contribution is 2.22. The van der Waals surface area contributed by atoms with Crippen LogP contribution in [0.25, 0.3) is 0 Å². The number of benzene rings is 1. The third-order valence-electron chi connectivity index (χ3n) is 1.74. The summed E-state index contributed by atoms with van der Waals surface area (Å²) in [7, 11) is 0. The van der Waals surface area contributed by atoms with Crippen molar-refractivity contribution in [2.75, 3.05) is 17.6 Å². The predicted octanol–water partition coefficient (Wildman–Crippen LogP) is 1.54. The fourth-order valence-electron chi connectivity index (χ4n) is 1.10. The molecule has 0 aromatic heterocycles. The molecule has 0 atom stereocenters. The zero-order valence-corrected chi connectivity index (χ0v) is 7.67. The quantitative estimate of drug-likeness (QED) is 0.644. The van der Waals surface area contributed by atoms with E-state index in [0.29, 0.717) is 12.2 Å². The van der Waals surface area contributed by atoms with E-state index < -0.39 is 17.3 Å². The summed E-state index contributed by atoms with van der Waals surface area (Å²) in [5.41, 5.74) is 5.75. The Bertz CT molecular complexity index is 366. The van der Waals surface area contributed by atoms with Crippen molar-refractivity contribution in [3.63, 3.8) is 0 Å². The lowest BCUT2D eigenvalue weighted by atomic mass is 10.1. The molecule has 1 rings (SSSR count). The van der Waals surface area contributed by atoms with Crippen LogP contribution in [-0.4, -0.2) is 17.6 Å². The minimum Gasteiger partial charge on any atom is -0.478 e. The zero-order valence-electron chi connectivity index (χ0n) is 7.67. The summed E-state index contributed by atoms with van der Waals surface area (Å²) in [5.74, 6) is -2.11. The maximum Gasteiger partial charge on any atom is 0.338 e. The number of nitrogens with two attached hydrogens (primary N) is 1. The lowest BCUT2D eigenvalue weighted by Crippen LogP contribution is -2.06. The van der Waals surface area contributed by atoms with E-state index in [4.69, 9.17) is 10.8 Å². The van der Waals surface area contributed by atoms with Crippen molar-refractivity contribution in [3.8, 4) is 0 Å². The van der Waals surface area contributed by atoms with Gasteiger partial charge in [-0.15, -0.1) is 0 Å². The van der Waals surface area contributed by atoms with Crippen molar-refractivity contribution >= 4 is 17.3 Å². The Morgan fingerprint density at radius 2 is 2.29 bits per heavy atom. The predicted molar refractivity (Wildman–Crippen MR) is 51.9 cm³/mol. The van der Waals surface area contributed by atoms with Gasteiger partial charge in [0.15, 0.2) is 0 Å². The minimum absolute atomic E-state index is 0.227. The summed E-state index contributed by atoms with van der Waals surface area (Å²) in [5, 5.41) is 11.4. The second-order valence-corrected chi connectivity index (χ2v) is 2.75. The van der Waals surface area contributed by atoms with Gasteiger partial charge in [0.2, 0.25) is 0 Å². The first kappa shape index (κ1) is 10.3. The van der Waals surface area contributed by atoms with E-state index in [1.165, 1.54) is 0 Å². The van der Waals surface area contributed by atoms with Gasteiger partial charge < -0.3 is 16.2 Å². The van der Waals surface area contributed by atoms with Crippen LogP contribution >= 0.6 is 0 Å². The van der Waals surface area contributed by atoms with Gasteiger partial charge in [-0.2, -0.15) is 0 Å². The molecule has 0 fully saturated rings. The number of carbonyl (C=O) groups is 1. The maximum atomic E-state index is 13.1. The standard InChI is InChI=1S/C9H11FN2O2/c1-2-12-8-4-6(10)5(9(13)14)3-7(8)11/h3-4,12H,2,11H2,1H3,(H,13,14). The Kier molecular flexibility index (Phi) is 2.91. The molecule has 0 radical (unpaired) electrons. The molecule has 4 nitrogen and oxygen atoms in total. The van der Waals surface area contributed by atoms with Gasteiger partial charge in [0.25, 0.3) is 0 Å². The zero-order chi connectivity index (χ0) is 10.7. The normalized spacial score (nSPS) is 9.86.